The summed E-state index contributed by atoms with van der Waals surface area (Å²) in [6.45, 7) is 7.85. The lowest BCUT2D eigenvalue weighted by Crippen LogP contribution is -2.51. The fourth-order valence-electron chi connectivity index (χ4n) is 3.32. The van der Waals surface area contributed by atoms with E-state index in [4.69, 9.17) is 4.74 Å². The third kappa shape index (κ3) is 2.58. The van der Waals surface area contributed by atoms with Gasteiger partial charge in [0.1, 0.15) is 6.04 Å². The van der Waals surface area contributed by atoms with E-state index in [2.05, 4.69) is 23.7 Å². The SMILES string of the molecule is CC(C)N1CCc2ncn(C)c2C1C(=O)N1CCOCC1. The zero-order chi connectivity index (χ0) is 15.0. The number of fused-ring (bicyclic) bond motifs is 1. The maximum Gasteiger partial charge on any atom is 0.246 e. The summed E-state index contributed by atoms with van der Waals surface area (Å²) in [6.07, 6.45) is 2.75. The normalized spacial score (nSPS) is 23.4. The average Bonchev–Trinajstić information content (AvgIpc) is 2.88. The van der Waals surface area contributed by atoms with Gasteiger partial charge in [-0.3, -0.25) is 9.69 Å². The molecule has 0 radical (unpaired) electrons. The largest absolute Gasteiger partial charge is 0.378 e. The van der Waals surface area contributed by atoms with Crippen molar-refractivity contribution in [3.05, 3.63) is 17.7 Å². The zero-order valence-corrected chi connectivity index (χ0v) is 13.1. The van der Waals surface area contributed by atoms with Crippen LogP contribution >= 0.6 is 0 Å². The second kappa shape index (κ2) is 5.77. The lowest BCUT2D eigenvalue weighted by molar-refractivity contribution is -0.143. The molecule has 0 bridgehead atoms. The first-order valence-corrected chi connectivity index (χ1v) is 7.72. The van der Waals surface area contributed by atoms with Gasteiger partial charge in [-0.1, -0.05) is 0 Å². The predicted octanol–water partition coefficient (Wildman–Crippen LogP) is 0.587. The molecule has 0 saturated carbocycles. The number of aromatic nitrogens is 2. The summed E-state index contributed by atoms with van der Waals surface area (Å²) in [5.41, 5.74) is 2.13. The van der Waals surface area contributed by atoms with Crippen molar-refractivity contribution in [2.45, 2.75) is 32.4 Å². The Labute approximate surface area is 125 Å². The van der Waals surface area contributed by atoms with Gasteiger partial charge in [-0.2, -0.15) is 0 Å². The van der Waals surface area contributed by atoms with Crippen LogP contribution in [0.2, 0.25) is 0 Å². The molecule has 1 aromatic rings. The molecule has 0 spiro atoms. The highest BCUT2D eigenvalue weighted by Crippen LogP contribution is 2.32. The van der Waals surface area contributed by atoms with Gasteiger partial charge in [-0.25, -0.2) is 4.98 Å². The summed E-state index contributed by atoms with van der Waals surface area (Å²) in [5, 5.41) is 0. The quantitative estimate of drug-likeness (QED) is 0.800. The molecule has 1 amide bonds. The molecule has 6 nitrogen and oxygen atoms in total. The highest BCUT2D eigenvalue weighted by atomic mass is 16.5. The molecule has 2 aliphatic heterocycles. The van der Waals surface area contributed by atoms with E-state index in [-0.39, 0.29) is 11.9 Å². The molecule has 1 atom stereocenters. The molecule has 6 heteroatoms. The number of hydrogen-bond acceptors (Lipinski definition) is 4. The van der Waals surface area contributed by atoms with Crippen LogP contribution in [0.5, 0.6) is 0 Å². The van der Waals surface area contributed by atoms with Crippen LogP contribution in [0, 0.1) is 0 Å². The van der Waals surface area contributed by atoms with E-state index in [9.17, 15) is 4.79 Å². The van der Waals surface area contributed by atoms with E-state index in [1.54, 1.807) is 0 Å². The van der Waals surface area contributed by atoms with Gasteiger partial charge in [-0.15, -0.1) is 0 Å². The van der Waals surface area contributed by atoms with Crippen molar-refractivity contribution in [3.8, 4) is 0 Å². The Kier molecular flexibility index (Phi) is 3.99. The van der Waals surface area contributed by atoms with Gasteiger partial charge in [0.2, 0.25) is 5.91 Å². The number of hydrogen-bond donors (Lipinski definition) is 0. The van der Waals surface area contributed by atoms with Gasteiger partial charge in [0, 0.05) is 39.1 Å². The first-order valence-electron chi connectivity index (χ1n) is 7.72. The minimum Gasteiger partial charge on any atom is -0.378 e. The monoisotopic (exact) mass is 292 g/mol. The van der Waals surface area contributed by atoms with Gasteiger partial charge in [-0.05, 0) is 13.8 Å². The lowest BCUT2D eigenvalue weighted by Gasteiger charge is -2.40. The van der Waals surface area contributed by atoms with Crippen LogP contribution in [0.25, 0.3) is 0 Å². The van der Waals surface area contributed by atoms with Crippen molar-refractivity contribution >= 4 is 5.91 Å². The van der Waals surface area contributed by atoms with E-state index in [0.717, 1.165) is 24.4 Å². The molecular weight excluding hydrogens is 268 g/mol. The smallest absolute Gasteiger partial charge is 0.246 e. The second-order valence-electron chi connectivity index (χ2n) is 6.11. The van der Waals surface area contributed by atoms with Crippen molar-refractivity contribution in [1.82, 2.24) is 19.4 Å². The maximum absolute atomic E-state index is 13.1. The summed E-state index contributed by atoms with van der Waals surface area (Å²) < 4.78 is 7.37. The summed E-state index contributed by atoms with van der Waals surface area (Å²) in [5.74, 6) is 0.191. The van der Waals surface area contributed by atoms with Gasteiger partial charge in [0.25, 0.3) is 0 Å². The van der Waals surface area contributed by atoms with E-state index in [1.165, 1.54) is 0 Å². The van der Waals surface area contributed by atoms with Gasteiger partial charge >= 0.3 is 0 Å². The number of amides is 1. The van der Waals surface area contributed by atoms with Crippen LogP contribution in [0.1, 0.15) is 31.3 Å². The van der Waals surface area contributed by atoms with Crippen molar-refractivity contribution in [2.24, 2.45) is 7.05 Å². The highest BCUT2D eigenvalue weighted by Gasteiger charge is 2.39. The number of morpholine rings is 1. The molecule has 1 aromatic heterocycles. The third-order valence-corrected chi connectivity index (χ3v) is 4.48. The zero-order valence-electron chi connectivity index (χ0n) is 13.1. The topological polar surface area (TPSA) is 50.6 Å². The van der Waals surface area contributed by atoms with Crippen molar-refractivity contribution in [3.63, 3.8) is 0 Å². The molecule has 21 heavy (non-hydrogen) atoms. The van der Waals surface area contributed by atoms with Crippen LogP contribution in [-0.4, -0.2) is 64.1 Å². The molecule has 116 valence electrons. The summed E-state index contributed by atoms with van der Waals surface area (Å²) >= 11 is 0. The Morgan fingerprint density at radius 1 is 1.33 bits per heavy atom. The summed E-state index contributed by atoms with van der Waals surface area (Å²) in [7, 11) is 1.98. The average molecular weight is 292 g/mol. The molecule has 3 heterocycles. The molecule has 1 fully saturated rings. The molecule has 0 aromatic carbocycles. The number of rotatable bonds is 2. The molecule has 0 N–H and O–H groups in total. The number of carbonyl (C=O) groups excluding carboxylic acids is 1. The van der Waals surface area contributed by atoms with E-state index < -0.39 is 0 Å². The Hall–Kier alpha value is -1.40. The van der Waals surface area contributed by atoms with Crippen LogP contribution in [0.4, 0.5) is 0 Å². The fraction of sp³-hybridized carbons (Fsp3) is 0.733. The second-order valence-corrected chi connectivity index (χ2v) is 6.11. The maximum atomic E-state index is 13.1. The van der Waals surface area contributed by atoms with Crippen LogP contribution in [-0.2, 0) is 23.0 Å². The minimum absolute atomic E-state index is 0.191. The van der Waals surface area contributed by atoms with Crippen molar-refractivity contribution in [2.75, 3.05) is 32.8 Å². The number of aryl methyl sites for hydroxylation is 1. The number of imidazole rings is 1. The van der Waals surface area contributed by atoms with Crippen molar-refractivity contribution < 1.29 is 9.53 Å². The molecule has 1 saturated heterocycles. The van der Waals surface area contributed by atoms with E-state index >= 15 is 0 Å². The summed E-state index contributed by atoms with van der Waals surface area (Å²) in [4.78, 5) is 21.8. The molecule has 3 rings (SSSR count). The predicted molar refractivity (Wildman–Crippen MR) is 78.9 cm³/mol. The lowest BCUT2D eigenvalue weighted by atomic mass is 9.99. The number of nitrogens with zero attached hydrogens (tertiary/aromatic N) is 4. The van der Waals surface area contributed by atoms with Crippen molar-refractivity contribution in [1.29, 1.82) is 0 Å². The Morgan fingerprint density at radius 3 is 2.71 bits per heavy atom. The molecule has 2 aliphatic rings. The molecular formula is C15H24N4O2. The fourth-order valence-corrected chi connectivity index (χ4v) is 3.32. The van der Waals surface area contributed by atoms with E-state index in [1.807, 2.05) is 22.8 Å². The van der Waals surface area contributed by atoms with Gasteiger partial charge in [0.15, 0.2) is 0 Å². The highest BCUT2D eigenvalue weighted by molar-refractivity contribution is 5.83. The Bertz CT molecular complexity index is 520. The number of carbonyl (C=O) groups is 1. The Morgan fingerprint density at radius 2 is 2.05 bits per heavy atom. The van der Waals surface area contributed by atoms with E-state index in [0.29, 0.717) is 32.3 Å². The Balaban J connectivity index is 1.94. The first kappa shape index (κ1) is 14.5. The third-order valence-electron chi connectivity index (χ3n) is 4.48. The van der Waals surface area contributed by atoms with Crippen LogP contribution in [0.3, 0.4) is 0 Å². The van der Waals surface area contributed by atoms with Gasteiger partial charge in [0.05, 0.1) is 30.9 Å². The van der Waals surface area contributed by atoms with Crippen LogP contribution in [0.15, 0.2) is 6.33 Å². The summed E-state index contributed by atoms with van der Waals surface area (Å²) in [6, 6.07) is 0.127. The van der Waals surface area contributed by atoms with Gasteiger partial charge < -0.3 is 14.2 Å². The molecule has 0 aliphatic carbocycles. The van der Waals surface area contributed by atoms with Crippen LogP contribution < -0.4 is 0 Å². The standard InChI is InChI=1S/C15H24N4O2/c1-11(2)19-5-4-12-13(17(3)10-16-12)14(19)15(20)18-6-8-21-9-7-18/h10-11,14H,4-9H2,1-3H3. The first-order chi connectivity index (χ1) is 10.1. The number of ether oxygens (including phenoxy) is 1. The minimum atomic E-state index is -0.209. The molecule has 1 unspecified atom stereocenters.